The number of anilines is 2. The summed E-state index contributed by atoms with van der Waals surface area (Å²) in [4.78, 5) is 37.6. The molecule has 3 N–H and O–H groups in total. The molecule has 0 heterocycles. The van der Waals surface area contributed by atoms with Crippen LogP contribution in [0.25, 0.3) is 0 Å². The molecule has 3 amide bonds. The molecule has 0 bridgehead atoms. The van der Waals surface area contributed by atoms with Crippen LogP contribution in [0.2, 0.25) is 5.02 Å². The van der Waals surface area contributed by atoms with E-state index in [9.17, 15) is 14.4 Å². The van der Waals surface area contributed by atoms with Crippen LogP contribution in [0, 0.1) is 5.92 Å². The molecule has 6 nitrogen and oxygen atoms in total. The first kappa shape index (κ1) is 24.0. The zero-order valence-corrected chi connectivity index (χ0v) is 19.2. The highest BCUT2D eigenvalue weighted by Gasteiger charge is 2.20. The fourth-order valence-electron chi connectivity index (χ4n) is 3.18. The SMILES string of the molecule is CC(C)C(=O)Nc1cccc(NC(=O)CC(NC(=O)c2ccccc2Cl)c2ccccc2)c1. The van der Waals surface area contributed by atoms with Gasteiger partial charge in [0.1, 0.15) is 0 Å². The molecule has 7 heteroatoms. The Morgan fingerprint density at radius 2 is 1.45 bits per heavy atom. The molecule has 3 aromatic carbocycles. The molecule has 0 aliphatic carbocycles. The standard InChI is InChI=1S/C26H26ClN3O3/c1-17(2)25(32)29-20-12-8-11-19(15-20)28-24(31)16-23(18-9-4-3-5-10-18)30-26(33)21-13-6-7-14-22(21)27/h3-15,17,23H,16H2,1-2H3,(H,28,31)(H,29,32)(H,30,33). The normalized spacial score (nSPS) is 11.5. The second-order valence-corrected chi connectivity index (χ2v) is 8.30. The van der Waals surface area contributed by atoms with Crippen molar-refractivity contribution in [3.05, 3.63) is 95.0 Å². The maximum Gasteiger partial charge on any atom is 0.253 e. The summed E-state index contributed by atoms with van der Waals surface area (Å²) in [6.45, 7) is 3.61. The van der Waals surface area contributed by atoms with E-state index in [-0.39, 0.29) is 30.1 Å². The van der Waals surface area contributed by atoms with Crippen molar-refractivity contribution < 1.29 is 14.4 Å². The van der Waals surface area contributed by atoms with Gasteiger partial charge in [0, 0.05) is 17.3 Å². The van der Waals surface area contributed by atoms with E-state index in [2.05, 4.69) is 16.0 Å². The molecule has 170 valence electrons. The van der Waals surface area contributed by atoms with Crippen LogP contribution in [0.5, 0.6) is 0 Å². The molecule has 3 aromatic rings. The fourth-order valence-corrected chi connectivity index (χ4v) is 3.40. The van der Waals surface area contributed by atoms with Gasteiger partial charge in [0.05, 0.1) is 23.0 Å². The van der Waals surface area contributed by atoms with Gasteiger partial charge in [-0.25, -0.2) is 0 Å². The first-order valence-electron chi connectivity index (χ1n) is 10.6. The summed E-state index contributed by atoms with van der Waals surface area (Å²) in [5.74, 6) is -0.905. The number of carbonyl (C=O) groups is 3. The minimum atomic E-state index is -0.557. The van der Waals surface area contributed by atoms with E-state index in [0.717, 1.165) is 5.56 Å². The maximum absolute atomic E-state index is 12.8. The number of rotatable bonds is 8. The predicted molar refractivity (Wildman–Crippen MR) is 131 cm³/mol. The van der Waals surface area contributed by atoms with E-state index in [4.69, 9.17) is 11.6 Å². The van der Waals surface area contributed by atoms with Crippen molar-refractivity contribution in [2.45, 2.75) is 26.3 Å². The van der Waals surface area contributed by atoms with Crippen molar-refractivity contribution in [2.24, 2.45) is 5.92 Å². The third-order valence-electron chi connectivity index (χ3n) is 4.95. The number of carbonyl (C=O) groups excluding carboxylic acids is 3. The van der Waals surface area contributed by atoms with Crippen LogP contribution in [0.15, 0.2) is 78.9 Å². The minimum absolute atomic E-state index is 0.0167. The monoisotopic (exact) mass is 463 g/mol. The van der Waals surface area contributed by atoms with Crippen molar-refractivity contribution in [1.82, 2.24) is 5.32 Å². The van der Waals surface area contributed by atoms with Crippen LogP contribution >= 0.6 is 11.6 Å². The lowest BCUT2D eigenvalue weighted by molar-refractivity contribution is -0.119. The van der Waals surface area contributed by atoms with Crippen LogP contribution in [0.4, 0.5) is 11.4 Å². The van der Waals surface area contributed by atoms with Crippen LogP contribution in [-0.4, -0.2) is 17.7 Å². The molecule has 33 heavy (non-hydrogen) atoms. The summed E-state index contributed by atoms with van der Waals surface area (Å²) >= 11 is 6.16. The Labute approximate surface area is 198 Å². The molecule has 0 aromatic heterocycles. The molecule has 1 unspecified atom stereocenters. The number of amides is 3. The van der Waals surface area contributed by atoms with E-state index in [1.807, 2.05) is 44.2 Å². The summed E-state index contributed by atoms with van der Waals surface area (Å²) < 4.78 is 0. The Morgan fingerprint density at radius 1 is 0.818 bits per heavy atom. The third-order valence-corrected chi connectivity index (χ3v) is 5.28. The lowest BCUT2D eigenvalue weighted by Gasteiger charge is -2.20. The molecule has 0 radical (unpaired) electrons. The first-order valence-corrected chi connectivity index (χ1v) is 11.0. The molecule has 0 saturated heterocycles. The van der Waals surface area contributed by atoms with Gasteiger partial charge in [-0.2, -0.15) is 0 Å². The summed E-state index contributed by atoms with van der Waals surface area (Å²) in [5.41, 5.74) is 2.28. The van der Waals surface area contributed by atoms with Crippen molar-refractivity contribution in [3.63, 3.8) is 0 Å². The highest BCUT2D eigenvalue weighted by atomic mass is 35.5. The van der Waals surface area contributed by atoms with Gasteiger partial charge in [-0.1, -0.05) is 74.0 Å². The molecular formula is C26H26ClN3O3. The third kappa shape index (κ3) is 6.92. The Kier molecular flexibility index (Phi) is 8.22. The van der Waals surface area contributed by atoms with Crippen molar-refractivity contribution in [2.75, 3.05) is 10.6 Å². The van der Waals surface area contributed by atoms with Gasteiger partial charge in [0.2, 0.25) is 11.8 Å². The number of nitrogens with one attached hydrogen (secondary N) is 3. The maximum atomic E-state index is 12.8. The summed E-state index contributed by atoms with van der Waals surface area (Å²) in [6, 6.07) is 22.4. The molecule has 0 aliphatic rings. The average Bonchev–Trinajstić information content (AvgIpc) is 2.79. The molecule has 1 atom stereocenters. The summed E-state index contributed by atoms with van der Waals surface area (Å²) in [7, 11) is 0. The minimum Gasteiger partial charge on any atom is -0.345 e. The Balaban J connectivity index is 1.73. The Hall–Kier alpha value is -3.64. The van der Waals surface area contributed by atoms with Gasteiger partial charge in [0.25, 0.3) is 5.91 Å². The van der Waals surface area contributed by atoms with E-state index in [0.29, 0.717) is 22.0 Å². The molecule has 0 spiro atoms. The summed E-state index contributed by atoms with van der Waals surface area (Å²) in [6.07, 6.45) is 0.0167. The highest BCUT2D eigenvalue weighted by molar-refractivity contribution is 6.33. The highest BCUT2D eigenvalue weighted by Crippen LogP contribution is 2.22. The smallest absolute Gasteiger partial charge is 0.253 e. The van der Waals surface area contributed by atoms with E-state index < -0.39 is 6.04 Å². The number of benzene rings is 3. The number of hydrogen-bond donors (Lipinski definition) is 3. The fraction of sp³-hybridized carbons (Fsp3) is 0.192. The van der Waals surface area contributed by atoms with Gasteiger partial charge in [-0.3, -0.25) is 14.4 Å². The van der Waals surface area contributed by atoms with Crippen LogP contribution in [0.3, 0.4) is 0 Å². The second kappa shape index (κ2) is 11.3. The zero-order chi connectivity index (χ0) is 23.8. The first-order chi connectivity index (χ1) is 15.8. The van der Waals surface area contributed by atoms with E-state index in [1.165, 1.54) is 0 Å². The summed E-state index contributed by atoms with van der Waals surface area (Å²) in [5, 5.41) is 8.91. The average molecular weight is 464 g/mol. The van der Waals surface area contributed by atoms with Gasteiger partial charge in [0.15, 0.2) is 0 Å². The van der Waals surface area contributed by atoms with Crippen LogP contribution in [-0.2, 0) is 9.59 Å². The number of halogens is 1. The van der Waals surface area contributed by atoms with Gasteiger partial charge < -0.3 is 16.0 Å². The molecule has 3 rings (SSSR count). The molecule has 0 aliphatic heterocycles. The van der Waals surface area contributed by atoms with E-state index in [1.54, 1.807) is 48.5 Å². The van der Waals surface area contributed by atoms with E-state index >= 15 is 0 Å². The molecular weight excluding hydrogens is 438 g/mol. The van der Waals surface area contributed by atoms with Gasteiger partial charge in [-0.15, -0.1) is 0 Å². The largest absolute Gasteiger partial charge is 0.345 e. The topological polar surface area (TPSA) is 87.3 Å². The van der Waals surface area contributed by atoms with Crippen molar-refractivity contribution in [1.29, 1.82) is 0 Å². The van der Waals surface area contributed by atoms with Crippen molar-refractivity contribution >= 4 is 40.7 Å². The van der Waals surface area contributed by atoms with Gasteiger partial charge in [-0.05, 0) is 35.9 Å². The second-order valence-electron chi connectivity index (χ2n) is 7.89. The quantitative estimate of drug-likeness (QED) is 0.416. The predicted octanol–water partition coefficient (Wildman–Crippen LogP) is 5.43. The lowest BCUT2D eigenvalue weighted by atomic mass is 10.0. The zero-order valence-electron chi connectivity index (χ0n) is 18.5. The van der Waals surface area contributed by atoms with Crippen LogP contribution < -0.4 is 16.0 Å². The Morgan fingerprint density at radius 3 is 2.12 bits per heavy atom. The lowest BCUT2D eigenvalue weighted by Crippen LogP contribution is -2.31. The van der Waals surface area contributed by atoms with Crippen molar-refractivity contribution in [3.8, 4) is 0 Å². The number of hydrogen-bond acceptors (Lipinski definition) is 3. The van der Waals surface area contributed by atoms with Gasteiger partial charge >= 0.3 is 0 Å². The molecule has 0 fully saturated rings. The Bertz CT molecular complexity index is 1130. The molecule has 0 saturated carbocycles. The van der Waals surface area contributed by atoms with Crippen LogP contribution in [0.1, 0.15) is 42.2 Å².